The number of nitrogens with zero attached hydrogens (tertiary/aromatic N) is 3. The van der Waals surface area contributed by atoms with Gasteiger partial charge in [0.25, 0.3) is 0 Å². The van der Waals surface area contributed by atoms with Crippen molar-refractivity contribution in [3.8, 4) is 0 Å². The lowest BCUT2D eigenvalue weighted by atomic mass is 9.92. The van der Waals surface area contributed by atoms with E-state index in [1.165, 1.54) is 4.88 Å². The van der Waals surface area contributed by atoms with E-state index < -0.39 is 0 Å². The Kier molecular flexibility index (Phi) is 5.18. The van der Waals surface area contributed by atoms with Gasteiger partial charge < -0.3 is 5.32 Å². The topological polar surface area (TPSA) is 59.8 Å². The Hall–Kier alpha value is -2.21. The standard InChI is InChI=1S/C19H24N4OS/c1-19(2,3)18(23-16-11-5-4-10-15(16)21-22-23)20-17(24)12-6-8-14-9-7-13-25-14/h4-5,7,9-11,13,18H,6,8,12H2,1-3H3,(H,20,24). The van der Waals surface area contributed by atoms with Crippen LogP contribution in [0.15, 0.2) is 41.8 Å². The molecule has 0 spiro atoms. The van der Waals surface area contributed by atoms with Crippen LogP contribution >= 0.6 is 11.3 Å². The number of carbonyl (C=O) groups is 1. The monoisotopic (exact) mass is 356 g/mol. The summed E-state index contributed by atoms with van der Waals surface area (Å²) in [6.07, 6.45) is 2.06. The molecule has 2 aromatic heterocycles. The van der Waals surface area contributed by atoms with Crippen molar-refractivity contribution in [2.24, 2.45) is 5.41 Å². The molecule has 6 heteroatoms. The molecule has 1 amide bonds. The van der Waals surface area contributed by atoms with Crippen LogP contribution in [0.5, 0.6) is 0 Å². The zero-order valence-electron chi connectivity index (χ0n) is 14.9. The first-order chi connectivity index (χ1) is 11.9. The van der Waals surface area contributed by atoms with E-state index in [0.717, 1.165) is 23.9 Å². The highest BCUT2D eigenvalue weighted by atomic mass is 32.1. The molecule has 0 saturated heterocycles. The van der Waals surface area contributed by atoms with Gasteiger partial charge in [-0.25, -0.2) is 4.68 Å². The third-order valence-corrected chi connectivity index (χ3v) is 5.08. The van der Waals surface area contributed by atoms with Crippen molar-refractivity contribution in [3.63, 3.8) is 0 Å². The lowest BCUT2D eigenvalue weighted by Crippen LogP contribution is -2.41. The normalized spacial score (nSPS) is 13.1. The Morgan fingerprint density at radius 2 is 2.04 bits per heavy atom. The molecule has 0 saturated carbocycles. The molecule has 0 bridgehead atoms. The van der Waals surface area contributed by atoms with Crippen LogP contribution in [-0.4, -0.2) is 20.9 Å². The fraction of sp³-hybridized carbons (Fsp3) is 0.421. The van der Waals surface area contributed by atoms with Gasteiger partial charge in [0.05, 0.1) is 5.52 Å². The van der Waals surface area contributed by atoms with Crippen LogP contribution in [0.4, 0.5) is 0 Å². The third kappa shape index (κ3) is 4.25. The first-order valence-corrected chi connectivity index (χ1v) is 9.45. The van der Waals surface area contributed by atoms with E-state index in [9.17, 15) is 4.79 Å². The van der Waals surface area contributed by atoms with Gasteiger partial charge in [-0.3, -0.25) is 4.79 Å². The number of carbonyl (C=O) groups excluding carboxylic acids is 1. The molecule has 0 aliphatic heterocycles. The van der Waals surface area contributed by atoms with E-state index in [2.05, 4.69) is 47.8 Å². The summed E-state index contributed by atoms with van der Waals surface area (Å²) in [5.41, 5.74) is 1.59. The van der Waals surface area contributed by atoms with Crippen LogP contribution in [0.3, 0.4) is 0 Å². The van der Waals surface area contributed by atoms with E-state index in [0.29, 0.717) is 6.42 Å². The number of benzene rings is 1. The molecule has 1 unspecified atom stereocenters. The van der Waals surface area contributed by atoms with Crippen LogP contribution in [0, 0.1) is 5.41 Å². The minimum atomic E-state index is -0.242. The van der Waals surface area contributed by atoms with Crippen molar-refractivity contribution in [2.75, 3.05) is 0 Å². The summed E-state index contributed by atoms with van der Waals surface area (Å²) in [5.74, 6) is 0.0519. The molecule has 25 heavy (non-hydrogen) atoms. The van der Waals surface area contributed by atoms with Crippen molar-refractivity contribution < 1.29 is 4.79 Å². The van der Waals surface area contributed by atoms with Gasteiger partial charge >= 0.3 is 0 Å². The number of para-hydroxylation sites is 1. The molecular weight excluding hydrogens is 332 g/mol. The van der Waals surface area contributed by atoms with Crippen molar-refractivity contribution in [2.45, 2.75) is 46.2 Å². The van der Waals surface area contributed by atoms with Crippen molar-refractivity contribution in [1.82, 2.24) is 20.3 Å². The molecule has 0 fully saturated rings. The van der Waals surface area contributed by atoms with Crippen LogP contribution in [0.25, 0.3) is 11.0 Å². The van der Waals surface area contributed by atoms with Crippen molar-refractivity contribution in [1.29, 1.82) is 0 Å². The van der Waals surface area contributed by atoms with E-state index in [-0.39, 0.29) is 17.5 Å². The highest BCUT2D eigenvalue weighted by molar-refractivity contribution is 7.09. The number of hydrogen-bond donors (Lipinski definition) is 1. The number of aromatic nitrogens is 3. The van der Waals surface area contributed by atoms with E-state index in [4.69, 9.17) is 0 Å². The summed E-state index contributed by atoms with van der Waals surface area (Å²) in [5, 5.41) is 13.7. The molecule has 0 radical (unpaired) electrons. The van der Waals surface area contributed by atoms with Crippen molar-refractivity contribution >= 4 is 28.3 Å². The Balaban J connectivity index is 1.70. The Morgan fingerprint density at radius 3 is 2.76 bits per heavy atom. The Bertz CT molecular complexity index is 833. The van der Waals surface area contributed by atoms with Crippen LogP contribution < -0.4 is 5.32 Å². The molecule has 1 aromatic carbocycles. The van der Waals surface area contributed by atoms with Gasteiger partial charge in [0.15, 0.2) is 0 Å². The SMILES string of the molecule is CC(C)(C)C(NC(=O)CCCc1cccs1)n1nnc2ccccc21. The molecular formula is C19H24N4OS. The number of hydrogen-bond acceptors (Lipinski definition) is 4. The smallest absolute Gasteiger partial charge is 0.221 e. The Labute approximate surface area is 152 Å². The van der Waals surface area contributed by atoms with Gasteiger partial charge in [-0.05, 0) is 36.4 Å². The molecule has 132 valence electrons. The molecule has 2 heterocycles. The minimum Gasteiger partial charge on any atom is -0.334 e. The number of nitrogens with one attached hydrogen (secondary N) is 1. The lowest BCUT2D eigenvalue weighted by Gasteiger charge is -2.31. The molecule has 3 aromatic rings. The van der Waals surface area contributed by atoms with Gasteiger partial charge in [0, 0.05) is 16.7 Å². The van der Waals surface area contributed by atoms with Gasteiger partial charge in [0.2, 0.25) is 5.91 Å². The maximum Gasteiger partial charge on any atom is 0.221 e. The quantitative estimate of drug-likeness (QED) is 0.721. The maximum absolute atomic E-state index is 12.5. The molecule has 1 N–H and O–H groups in total. The number of rotatable bonds is 6. The number of aryl methyl sites for hydroxylation is 1. The lowest BCUT2D eigenvalue weighted by molar-refractivity contribution is -0.123. The highest BCUT2D eigenvalue weighted by Gasteiger charge is 2.30. The zero-order valence-corrected chi connectivity index (χ0v) is 15.7. The third-order valence-electron chi connectivity index (χ3n) is 4.15. The van der Waals surface area contributed by atoms with Gasteiger partial charge in [-0.2, -0.15) is 0 Å². The average Bonchev–Trinajstić information content (AvgIpc) is 3.21. The van der Waals surface area contributed by atoms with Crippen molar-refractivity contribution in [3.05, 3.63) is 46.7 Å². The second-order valence-corrected chi connectivity index (χ2v) is 8.32. The van der Waals surface area contributed by atoms with Gasteiger partial charge in [0.1, 0.15) is 11.7 Å². The Morgan fingerprint density at radius 1 is 1.24 bits per heavy atom. The minimum absolute atomic E-state index is 0.0519. The fourth-order valence-electron chi connectivity index (χ4n) is 2.82. The van der Waals surface area contributed by atoms with Gasteiger partial charge in [-0.1, -0.05) is 44.2 Å². The maximum atomic E-state index is 12.5. The molecule has 5 nitrogen and oxygen atoms in total. The summed E-state index contributed by atoms with van der Waals surface area (Å²) in [4.78, 5) is 13.8. The first-order valence-electron chi connectivity index (χ1n) is 8.57. The number of amides is 1. The summed E-state index contributed by atoms with van der Waals surface area (Å²) in [7, 11) is 0. The summed E-state index contributed by atoms with van der Waals surface area (Å²) in [6.45, 7) is 6.29. The van der Waals surface area contributed by atoms with Crippen LogP contribution in [0.2, 0.25) is 0 Å². The molecule has 0 aliphatic carbocycles. The highest BCUT2D eigenvalue weighted by Crippen LogP contribution is 2.30. The largest absolute Gasteiger partial charge is 0.334 e. The molecule has 1 atom stereocenters. The van der Waals surface area contributed by atoms with E-state index in [1.807, 2.05) is 35.0 Å². The number of fused-ring (bicyclic) bond motifs is 1. The summed E-state index contributed by atoms with van der Waals surface area (Å²) in [6, 6.07) is 12.0. The predicted octanol–water partition coefficient (Wildman–Crippen LogP) is 4.18. The second-order valence-electron chi connectivity index (χ2n) is 7.29. The van der Waals surface area contributed by atoms with Crippen LogP contribution in [-0.2, 0) is 11.2 Å². The summed E-state index contributed by atoms with van der Waals surface area (Å²) < 4.78 is 1.83. The average molecular weight is 356 g/mol. The first kappa shape index (κ1) is 17.6. The second kappa shape index (κ2) is 7.35. The zero-order chi connectivity index (χ0) is 17.9. The van der Waals surface area contributed by atoms with E-state index in [1.54, 1.807) is 11.3 Å². The summed E-state index contributed by atoms with van der Waals surface area (Å²) >= 11 is 1.74. The molecule has 3 rings (SSSR count). The predicted molar refractivity (Wildman–Crippen MR) is 101 cm³/mol. The number of thiophene rings is 1. The van der Waals surface area contributed by atoms with Crippen LogP contribution in [0.1, 0.15) is 44.7 Å². The fourth-order valence-corrected chi connectivity index (χ4v) is 3.58. The van der Waals surface area contributed by atoms with E-state index >= 15 is 0 Å². The molecule has 0 aliphatic rings. The van der Waals surface area contributed by atoms with Gasteiger partial charge in [-0.15, -0.1) is 16.4 Å².